The number of hydrogen-bond donors (Lipinski definition) is 1. The van der Waals surface area contributed by atoms with Crippen molar-refractivity contribution in [2.45, 2.75) is 76.1 Å². The molecule has 0 spiro atoms. The maximum atomic E-state index is 10.3. The van der Waals surface area contributed by atoms with Crippen LogP contribution in [0.5, 0.6) is 0 Å². The molecule has 4 atom stereocenters. The lowest BCUT2D eigenvalue weighted by Gasteiger charge is -2.51. The van der Waals surface area contributed by atoms with Crippen molar-refractivity contribution >= 4 is 0 Å². The Morgan fingerprint density at radius 2 is 1.72 bits per heavy atom. The van der Waals surface area contributed by atoms with E-state index in [2.05, 4.69) is 16.7 Å². The van der Waals surface area contributed by atoms with Crippen LogP contribution in [0.3, 0.4) is 0 Å². The Morgan fingerprint density at radius 1 is 0.944 bits per heavy atom. The van der Waals surface area contributed by atoms with Gasteiger partial charge in [-0.1, -0.05) is 19.3 Å². The molecule has 0 bridgehead atoms. The third-order valence-corrected chi connectivity index (χ3v) is 5.36. The first-order chi connectivity index (χ1) is 8.75. The van der Waals surface area contributed by atoms with E-state index >= 15 is 0 Å². The number of fused-ring (bicyclic) bond motifs is 1. The highest BCUT2D eigenvalue weighted by Crippen LogP contribution is 2.30. The minimum Gasteiger partial charge on any atom is -0.391 e. The lowest BCUT2D eigenvalue weighted by Crippen LogP contribution is -2.63. The zero-order valence-electron chi connectivity index (χ0n) is 11.7. The molecule has 0 amide bonds. The molecule has 4 unspecified atom stereocenters. The van der Waals surface area contributed by atoms with Crippen molar-refractivity contribution in [1.29, 1.82) is 0 Å². The molecule has 1 N–H and O–H groups in total. The average Bonchev–Trinajstić information content (AvgIpc) is 2.39. The minimum absolute atomic E-state index is 0.0728. The summed E-state index contributed by atoms with van der Waals surface area (Å²) in [5.41, 5.74) is 0. The second-order valence-corrected chi connectivity index (χ2v) is 6.61. The van der Waals surface area contributed by atoms with Gasteiger partial charge < -0.3 is 5.11 Å². The van der Waals surface area contributed by atoms with Crippen LogP contribution in [0.2, 0.25) is 0 Å². The molecule has 104 valence electrons. The molecule has 3 heteroatoms. The van der Waals surface area contributed by atoms with Gasteiger partial charge in [0.1, 0.15) is 0 Å². The van der Waals surface area contributed by atoms with E-state index in [1.165, 1.54) is 58.2 Å². The summed E-state index contributed by atoms with van der Waals surface area (Å²) >= 11 is 0. The van der Waals surface area contributed by atoms with Crippen LogP contribution in [-0.4, -0.2) is 58.8 Å². The Bertz CT molecular complexity index is 284. The van der Waals surface area contributed by atoms with Crippen LogP contribution < -0.4 is 0 Å². The van der Waals surface area contributed by atoms with E-state index in [1.807, 2.05) is 0 Å². The molecule has 3 aliphatic rings. The van der Waals surface area contributed by atoms with Crippen molar-refractivity contribution < 1.29 is 5.11 Å². The van der Waals surface area contributed by atoms with Crippen molar-refractivity contribution in [3.8, 4) is 0 Å². The maximum absolute atomic E-state index is 10.3. The van der Waals surface area contributed by atoms with Gasteiger partial charge in [-0.15, -0.1) is 0 Å². The van der Waals surface area contributed by atoms with Crippen LogP contribution in [0.4, 0.5) is 0 Å². The standard InChI is InChI=1S/C15H28N2O/c1-12-10-16-9-5-4-6-13(16)11-17(12)14-7-2-3-8-15(14)18/h12-15,18H,2-11H2,1H3. The van der Waals surface area contributed by atoms with Crippen molar-refractivity contribution in [3.05, 3.63) is 0 Å². The second-order valence-electron chi connectivity index (χ2n) is 6.61. The Labute approximate surface area is 111 Å². The molecule has 3 rings (SSSR count). The molecule has 3 fully saturated rings. The quantitative estimate of drug-likeness (QED) is 0.771. The molecular formula is C15H28N2O. The van der Waals surface area contributed by atoms with Crippen molar-refractivity contribution in [2.24, 2.45) is 0 Å². The molecule has 1 aliphatic carbocycles. The van der Waals surface area contributed by atoms with Crippen LogP contribution >= 0.6 is 0 Å². The van der Waals surface area contributed by atoms with E-state index in [0.717, 1.165) is 12.5 Å². The molecular weight excluding hydrogens is 224 g/mol. The van der Waals surface area contributed by atoms with E-state index in [1.54, 1.807) is 0 Å². The molecule has 0 aromatic heterocycles. The van der Waals surface area contributed by atoms with Crippen molar-refractivity contribution in [2.75, 3.05) is 19.6 Å². The number of aliphatic hydroxyl groups excluding tert-OH is 1. The number of nitrogens with zero attached hydrogens (tertiary/aromatic N) is 2. The smallest absolute Gasteiger partial charge is 0.0695 e. The van der Waals surface area contributed by atoms with E-state index in [-0.39, 0.29) is 6.10 Å². The van der Waals surface area contributed by atoms with Crippen molar-refractivity contribution in [3.63, 3.8) is 0 Å². The highest BCUT2D eigenvalue weighted by molar-refractivity contribution is 4.94. The van der Waals surface area contributed by atoms with Gasteiger partial charge in [0.2, 0.25) is 0 Å². The summed E-state index contributed by atoms with van der Waals surface area (Å²) in [5, 5.41) is 10.3. The van der Waals surface area contributed by atoms with Gasteiger partial charge in [-0.2, -0.15) is 0 Å². The van der Waals surface area contributed by atoms with E-state index in [9.17, 15) is 5.11 Å². The monoisotopic (exact) mass is 252 g/mol. The zero-order chi connectivity index (χ0) is 12.5. The molecule has 2 heterocycles. The lowest BCUT2D eigenvalue weighted by atomic mass is 9.88. The molecule has 2 saturated heterocycles. The number of rotatable bonds is 1. The SMILES string of the molecule is CC1CN2CCCCC2CN1C1CCCCC1O. The molecule has 0 aromatic rings. The Kier molecular flexibility index (Phi) is 3.92. The van der Waals surface area contributed by atoms with Gasteiger partial charge in [0.15, 0.2) is 0 Å². The Balaban J connectivity index is 1.67. The summed E-state index contributed by atoms with van der Waals surface area (Å²) in [5.74, 6) is 0. The van der Waals surface area contributed by atoms with Crippen LogP contribution in [-0.2, 0) is 0 Å². The lowest BCUT2D eigenvalue weighted by molar-refractivity contribution is -0.0560. The van der Waals surface area contributed by atoms with Crippen LogP contribution in [0.15, 0.2) is 0 Å². The summed E-state index contributed by atoms with van der Waals surface area (Å²) < 4.78 is 0. The highest BCUT2D eigenvalue weighted by atomic mass is 16.3. The fraction of sp³-hybridized carbons (Fsp3) is 1.00. The summed E-state index contributed by atoms with van der Waals surface area (Å²) in [6.07, 6.45) is 8.82. The first-order valence-corrected chi connectivity index (χ1v) is 7.93. The normalized spacial score (nSPS) is 43.7. The van der Waals surface area contributed by atoms with Crippen LogP contribution in [0, 0.1) is 0 Å². The highest BCUT2D eigenvalue weighted by Gasteiger charge is 2.38. The minimum atomic E-state index is -0.0728. The van der Waals surface area contributed by atoms with Gasteiger partial charge >= 0.3 is 0 Å². The topological polar surface area (TPSA) is 26.7 Å². The Hall–Kier alpha value is -0.120. The average molecular weight is 252 g/mol. The van der Waals surface area contributed by atoms with Gasteiger partial charge in [0.05, 0.1) is 6.10 Å². The number of aliphatic hydroxyl groups is 1. The van der Waals surface area contributed by atoms with Gasteiger partial charge in [0.25, 0.3) is 0 Å². The summed E-state index contributed by atoms with van der Waals surface area (Å²) in [6.45, 7) is 6.07. The van der Waals surface area contributed by atoms with E-state index < -0.39 is 0 Å². The molecule has 1 saturated carbocycles. The fourth-order valence-corrected chi connectivity index (χ4v) is 4.32. The largest absolute Gasteiger partial charge is 0.391 e. The summed E-state index contributed by atoms with van der Waals surface area (Å²) in [4.78, 5) is 5.33. The predicted molar refractivity (Wildman–Crippen MR) is 73.6 cm³/mol. The second kappa shape index (κ2) is 5.48. The van der Waals surface area contributed by atoms with Gasteiger partial charge in [-0.25, -0.2) is 0 Å². The van der Waals surface area contributed by atoms with Gasteiger partial charge in [-0.3, -0.25) is 9.80 Å². The van der Waals surface area contributed by atoms with Gasteiger partial charge in [-0.05, 0) is 39.2 Å². The third kappa shape index (κ3) is 2.45. The van der Waals surface area contributed by atoms with E-state index in [0.29, 0.717) is 12.1 Å². The fourth-order valence-electron chi connectivity index (χ4n) is 4.32. The molecule has 0 aromatic carbocycles. The first kappa shape index (κ1) is 12.9. The number of hydrogen-bond acceptors (Lipinski definition) is 3. The van der Waals surface area contributed by atoms with E-state index in [4.69, 9.17) is 0 Å². The predicted octanol–water partition coefficient (Wildman–Crippen LogP) is 1.85. The first-order valence-electron chi connectivity index (χ1n) is 7.93. The van der Waals surface area contributed by atoms with Crippen molar-refractivity contribution in [1.82, 2.24) is 9.80 Å². The van der Waals surface area contributed by atoms with Crippen LogP contribution in [0.25, 0.3) is 0 Å². The molecule has 18 heavy (non-hydrogen) atoms. The molecule has 0 radical (unpaired) electrons. The number of piperidine rings is 1. The third-order valence-electron chi connectivity index (χ3n) is 5.36. The maximum Gasteiger partial charge on any atom is 0.0695 e. The summed E-state index contributed by atoms with van der Waals surface area (Å²) in [6, 6.07) is 1.83. The molecule has 2 aliphatic heterocycles. The van der Waals surface area contributed by atoms with Crippen LogP contribution in [0.1, 0.15) is 51.9 Å². The Morgan fingerprint density at radius 3 is 2.56 bits per heavy atom. The molecule has 3 nitrogen and oxygen atoms in total. The summed E-state index contributed by atoms with van der Waals surface area (Å²) in [7, 11) is 0. The zero-order valence-corrected chi connectivity index (χ0v) is 11.7. The number of piperazine rings is 1. The van der Waals surface area contributed by atoms with Gasteiger partial charge in [0, 0.05) is 31.2 Å².